The van der Waals surface area contributed by atoms with Gasteiger partial charge in [0.25, 0.3) is 0 Å². The SMILES string of the molecule is Sc1cccc2sc(Br)nc12. The maximum atomic E-state index is 4.29. The highest BCUT2D eigenvalue weighted by molar-refractivity contribution is 9.11. The van der Waals surface area contributed by atoms with Crippen molar-refractivity contribution < 1.29 is 0 Å². The monoisotopic (exact) mass is 245 g/mol. The Bertz CT molecular complexity index is 396. The molecule has 0 bridgehead atoms. The van der Waals surface area contributed by atoms with Crippen molar-refractivity contribution >= 4 is 50.1 Å². The minimum Gasteiger partial charge on any atom is -0.228 e. The first-order chi connectivity index (χ1) is 5.27. The number of benzene rings is 1. The van der Waals surface area contributed by atoms with Gasteiger partial charge in [-0.2, -0.15) is 0 Å². The number of thiazole rings is 1. The van der Waals surface area contributed by atoms with E-state index in [1.54, 1.807) is 11.3 Å². The average Bonchev–Trinajstić information content (AvgIpc) is 2.31. The molecular weight excluding hydrogens is 242 g/mol. The van der Waals surface area contributed by atoms with Crippen molar-refractivity contribution in [1.82, 2.24) is 4.98 Å². The van der Waals surface area contributed by atoms with Gasteiger partial charge in [-0.05, 0) is 28.1 Å². The Morgan fingerprint density at radius 2 is 2.27 bits per heavy atom. The molecule has 0 atom stereocenters. The van der Waals surface area contributed by atoms with E-state index < -0.39 is 0 Å². The van der Waals surface area contributed by atoms with Crippen molar-refractivity contribution in [3.8, 4) is 0 Å². The summed E-state index contributed by atoms with van der Waals surface area (Å²) in [5.74, 6) is 0. The van der Waals surface area contributed by atoms with Crippen molar-refractivity contribution in [3.05, 3.63) is 22.1 Å². The van der Waals surface area contributed by atoms with Gasteiger partial charge in [-0.25, -0.2) is 4.98 Å². The van der Waals surface area contributed by atoms with E-state index >= 15 is 0 Å². The molecule has 0 aliphatic heterocycles. The number of halogens is 1. The van der Waals surface area contributed by atoms with Crippen LogP contribution in [0, 0.1) is 0 Å². The molecule has 1 aromatic carbocycles. The van der Waals surface area contributed by atoms with Gasteiger partial charge < -0.3 is 0 Å². The number of thiol groups is 1. The Morgan fingerprint density at radius 3 is 3.00 bits per heavy atom. The van der Waals surface area contributed by atoms with Crippen LogP contribution in [0.15, 0.2) is 27.0 Å². The van der Waals surface area contributed by atoms with Gasteiger partial charge in [0.2, 0.25) is 0 Å². The number of rotatable bonds is 0. The fourth-order valence-electron chi connectivity index (χ4n) is 0.907. The van der Waals surface area contributed by atoms with Crippen LogP contribution in [0.3, 0.4) is 0 Å². The van der Waals surface area contributed by atoms with Crippen LogP contribution in [0.5, 0.6) is 0 Å². The lowest BCUT2D eigenvalue weighted by Gasteiger charge is -1.89. The molecule has 56 valence electrons. The van der Waals surface area contributed by atoms with E-state index in [4.69, 9.17) is 0 Å². The predicted octanol–water partition coefficient (Wildman–Crippen LogP) is 3.35. The average molecular weight is 246 g/mol. The van der Waals surface area contributed by atoms with Gasteiger partial charge in [0.05, 0.1) is 10.2 Å². The first-order valence-corrected chi connectivity index (χ1v) is 5.07. The molecule has 0 aliphatic carbocycles. The van der Waals surface area contributed by atoms with Crippen LogP contribution in [0.1, 0.15) is 0 Å². The van der Waals surface area contributed by atoms with Gasteiger partial charge in [0.15, 0.2) is 3.92 Å². The molecular formula is C7H4BrNS2. The molecule has 1 aromatic heterocycles. The Kier molecular flexibility index (Phi) is 1.91. The molecule has 11 heavy (non-hydrogen) atoms. The van der Waals surface area contributed by atoms with Crippen LogP contribution in [-0.2, 0) is 0 Å². The number of aromatic nitrogens is 1. The maximum absolute atomic E-state index is 4.29. The third kappa shape index (κ3) is 1.30. The lowest BCUT2D eigenvalue weighted by molar-refractivity contribution is 1.39. The van der Waals surface area contributed by atoms with Crippen molar-refractivity contribution in [1.29, 1.82) is 0 Å². The van der Waals surface area contributed by atoms with Crippen LogP contribution in [-0.4, -0.2) is 4.98 Å². The summed E-state index contributed by atoms with van der Waals surface area (Å²) in [6, 6.07) is 5.96. The molecule has 0 N–H and O–H groups in total. The second-order valence-corrected chi connectivity index (χ2v) is 4.88. The highest BCUT2D eigenvalue weighted by Crippen LogP contribution is 2.29. The molecule has 2 rings (SSSR count). The third-order valence-corrected chi connectivity index (χ3v) is 3.20. The smallest absolute Gasteiger partial charge is 0.160 e. The fourth-order valence-corrected chi connectivity index (χ4v) is 2.66. The van der Waals surface area contributed by atoms with Crippen LogP contribution in [0.4, 0.5) is 0 Å². The van der Waals surface area contributed by atoms with E-state index in [2.05, 4.69) is 33.5 Å². The largest absolute Gasteiger partial charge is 0.228 e. The number of nitrogens with zero attached hydrogens (tertiary/aromatic N) is 1. The lowest BCUT2D eigenvalue weighted by atomic mass is 10.3. The van der Waals surface area contributed by atoms with E-state index in [1.807, 2.05) is 18.2 Å². The Balaban J connectivity index is 2.90. The fraction of sp³-hybridized carbons (Fsp3) is 0. The summed E-state index contributed by atoms with van der Waals surface area (Å²) in [5.41, 5.74) is 0.979. The van der Waals surface area contributed by atoms with E-state index in [9.17, 15) is 0 Å². The van der Waals surface area contributed by atoms with Gasteiger partial charge >= 0.3 is 0 Å². The minimum atomic E-state index is 0.911. The molecule has 0 unspecified atom stereocenters. The molecule has 0 amide bonds. The lowest BCUT2D eigenvalue weighted by Crippen LogP contribution is -1.69. The first kappa shape index (κ1) is 7.58. The highest BCUT2D eigenvalue weighted by atomic mass is 79.9. The molecule has 0 saturated heterocycles. The molecule has 0 radical (unpaired) electrons. The maximum Gasteiger partial charge on any atom is 0.160 e. The molecule has 0 aliphatic rings. The number of hydrogen-bond donors (Lipinski definition) is 1. The van der Waals surface area contributed by atoms with Crippen molar-refractivity contribution in [2.45, 2.75) is 4.90 Å². The highest BCUT2D eigenvalue weighted by Gasteiger charge is 2.02. The van der Waals surface area contributed by atoms with Gasteiger partial charge in [-0.15, -0.1) is 24.0 Å². The predicted molar refractivity (Wildman–Crippen MR) is 54.6 cm³/mol. The zero-order chi connectivity index (χ0) is 7.84. The van der Waals surface area contributed by atoms with Crippen LogP contribution < -0.4 is 0 Å². The van der Waals surface area contributed by atoms with Gasteiger partial charge in [0, 0.05) is 4.90 Å². The number of hydrogen-bond acceptors (Lipinski definition) is 3. The Hall–Kier alpha value is -0.0600. The second-order valence-electron chi connectivity index (χ2n) is 2.09. The quantitative estimate of drug-likeness (QED) is 0.703. The van der Waals surface area contributed by atoms with Crippen LogP contribution >= 0.6 is 39.9 Å². The summed E-state index contributed by atoms with van der Waals surface area (Å²) in [6.07, 6.45) is 0. The van der Waals surface area contributed by atoms with Crippen molar-refractivity contribution in [2.24, 2.45) is 0 Å². The second kappa shape index (κ2) is 2.77. The van der Waals surface area contributed by atoms with E-state index in [1.165, 1.54) is 4.70 Å². The molecule has 1 heterocycles. The molecule has 1 nitrogen and oxygen atoms in total. The Morgan fingerprint density at radius 1 is 1.45 bits per heavy atom. The summed E-state index contributed by atoms with van der Waals surface area (Å²) < 4.78 is 2.08. The summed E-state index contributed by atoms with van der Waals surface area (Å²) in [5, 5.41) is 0. The molecule has 0 spiro atoms. The van der Waals surface area contributed by atoms with Gasteiger partial charge in [-0.3, -0.25) is 0 Å². The van der Waals surface area contributed by atoms with Gasteiger partial charge in [0.1, 0.15) is 0 Å². The minimum absolute atomic E-state index is 0.911. The number of fused-ring (bicyclic) bond motifs is 1. The number of para-hydroxylation sites is 1. The summed E-state index contributed by atoms with van der Waals surface area (Å²) in [6.45, 7) is 0. The van der Waals surface area contributed by atoms with E-state index in [0.717, 1.165) is 14.3 Å². The zero-order valence-electron chi connectivity index (χ0n) is 5.41. The topological polar surface area (TPSA) is 12.9 Å². The zero-order valence-corrected chi connectivity index (χ0v) is 8.71. The Labute approximate surface area is 82.0 Å². The molecule has 2 aromatic rings. The first-order valence-electron chi connectivity index (χ1n) is 3.01. The molecule has 0 saturated carbocycles. The third-order valence-electron chi connectivity index (χ3n) is 1.37. The summed E-state index contributed by atoms with van der Waals surface area (Å²) >= 11 is 9.24. The van der Waals surface area contributed by atoms with Gasteiger partial charge in [-0.1, -0.05) is 6.07 Å². The van der Waals surface area contributed by atoms with Crippen molar-refractivity contribution in [3.63, 3.8) is 0 Å². The van der Waals surface area contributed by atoms with E-state index in [0.29, 0.717) is 0 Å². The normalized spacial score (nSPS) is 10.7. The summed E-state index contributed by atoms with van der Waals surface area (Å²) in [4.78, 5) is 5.21. The standard InChI is InChI=1S/C7H4BrNS2/c8-7-9-6-4(10)2-1-3-5(6)11-7/h1-3,10H. The van der Waals surface area contributed by atoms with Crippen LogP contribution in [0.2, 0.25) is 0 Å². The van der Waals surface area contributed by atoms with E-state index in [-0.39, 0.29) is 0 Å². The van der Waals surface area contributed by atoms with Crippen molar-refractivity contribution in [2.75, 3.05) is 0 Å². The summed E-state index contributed by atoms with van der Waals surface area (Å²) in [7, 11) is 0. The molecule has 0 fully saturated rings. The van der Waals surface area contributed by atoms with Crippen LogP contribution in [0.25, 0.3) is 10.2 Å². The molecule has 4 heteroatoms.